The summed E-state index contributed by atoms with van der Waals surface area (Å²) in [6.45, 7) is 13.5. The summed E-state index contributed by atoms with van der Waals surface area (Å²) in [6, 6.07) is 5.45. The number of carbonyl (C=O) groups is 3. The molecule has 2 unspecified atom stereocenters. The second-order valence-corrected chi connectivity index (χ2v) is 11.4. The molecule has 1 N–H and O–H groups in total. The Balaban J connectivity index is 1.84. The van der Waals surface area contributed by atoms with Gasteiger partial charge < -0.3 is 29.1 Å². The first-order chi connectivity index (χ1) is 19.7. The highest BCUT2D eigenvalue weighted by Crippen LogP contribution is 2.65. The highest BCUT2D eigenvalue weighted by molar-refractivity contribution is 6.05. The van der Waals surface area contributed by atoms with E-state index in [-0.39, 0.29) is 37.5 Å². The molecule has 3 aliphatic heterocycles. The lowest BCUT2D eigenvalue weighted by molar-refractivity contribution is -0.162. The molecule has 3 aliphatic rings. The molecule has 0 aromatic heterocycles. The number of aliphatic hydroxyl groups is 1. The number of rotatable bonds is 14. The highest BCUT2D eigenvalue weighted by atomic mass is 16.6. The van der Waals surface area contributed by atoms with Crippen LogP contribution in [0, 0.1) is 17.8 Å². The minimum absolute atomic E-state index is 0.0985. The van der Waals surface area contributed by atoms with E-state index in [1.54, 1.807) is 48.4 Å². The average molecular weight is 569 g/mol. The van der Waals surface area contributed by atoms with Crippen LogP contribution in [0.5, 0.6) is 5.75 Å². The number of ether oxygens (including phenoxy) is 3. The largest absolute Gasteiger partial charge is 0.497 e. The van der Waals surface area contributed by atoms with Gasteiger partial charge in [0.25, 0.3) is 5.91 Å². The molecule has 2 bridgehead atoms. The molecule has 1 aromatic rings. The molecule has 3 fully saturated rings. The predicted molar refractivity (Wildman–Crippen MR) is 155 cm³/mol. The lowest BCUT2D eigenvalue weighted by Crippen LogP contribution is -2.60. The molecule has 0 aliphatic carbocycles. The lowest BCUT2D eigenvalue weighted by atomic mass is 9.65. The molecule has 41 heavy (non-hydrogen) atoms. The van der Waals surface area contributed by atoms with E-state index in [0.717, 1.165) is 0 Å². The van der Waals surface area contributed by atoms with Crippen LogP contribution in [0.1, 0.15) is 52.9 Å². The minimum Gasteiger partial charge on any atom is -0.497 e. The van der Waals surface area contributed by atoms with Crippen LogP contribution in [-0.4, -0.2) is 77.9 Å². The maximum Gasteiger partial charge on any atom is 0.312 e. The first-order valence-corrected chi connectivity index (χ1v) is 14.7. The zero-order valence-corrected chi connectivity index (χ0v) is 24.7. The van der Waals surface area contributed by atoms with Gasteiger partial charge in [-0.2, -0.15) is 0 Å². The van der Waals surface area contributed by atoms with Crippen molar-refractivity contribution in [2.24, 2.45) is 17.8 Å². The maximum atomic E-state index is 14.7. The number of benzene rings is 1. The lowest BCUT2D eigenvalue weighted by Gasteiger charge is -2.41. The molecule has 1 aromatic carbocycles. The number of amides is 2. The van der Waals surface area contributed by atoms with Gasteiger partial charge in [-0.25, -0.2) is 0 Å². The Morgan fingerprint density at radius 2 is 1.93 bits per heavy atom. The van der Waals surface area contributed by atoms with Gasteiger partial charge in [-0.1, -0.05) is 39.3 Å². The molecule has 0 radical (unpaired) electrons. The van der Waals surface area contributed by atoms with Gasteiger partial charge in [0.15, 0.2) is 0 Å². The topological polar surface area (TPSA) is 106 Å². The Morgan fingerprint density at radius 3 is 2.49 bits per heavy atom. The summed E-state index contributed by atoms with van der Waals surface area (Å²) >= 11 is 0. The molecule has 9 nitrogen and oxygen atoms in total. The third kappa shape index (κ3) is 4.97. The molecule has 0 saturated carbocycles. The van der Waals surface area contributed by atoms with Gasteiger partial charge in [-0.15, -0.1) is 13.2 Å². The fourth-order valence-corrected chi connectivity index (χ4v) is 7.16. The molecular formula is C32H44N2O7. The summed E-state index contributed by atoms with van der Waals surface area (Å²) in [5.41, 5.74) is -1.51. The Labute approximate surface area is 243 Å². The Bertz CT molecular complexity index is 1150. The van der Waals surface area contributed by atoms with E-state index in [1.807, 2.05) is 20.8 Å². The second kappa shape index (κ2) is 12.4. The third-order valence-electron chi connectivity index (χ3n) is 9.48. The van der Waals surface area contributed by atoms with Crippen LogP contribution in [0.4, 0.5) is 5.69 Å². The van der Waals surface area contributed by atoms with Crippen molar-refractivity contribution in [2.75, 3.05) is 31.8 Å². The first-order valence-electron chi connectivity index (χ1n) is 14.7. The number of fused-ring (bicyclic) bond motifs is 1. The van der Waals surface area contributed by atoms with E-state index in [4.69, 9.17) is 14.2 Å². The molecule has 224 valence electrons. The number of carbonyl (C=O) groups excluding carboxylic acids is 3. The van der Waals surface area contributed by atoms with Crippen molar-refractivity contribution in [3.63, 3.8) is 0 Å². The molecule has 9 heteroatoms. The Hall–Kier alpha value is -3.17. The fourth-order valence-electron chi connectivity index (χ4n) is 7.16. The van der Waals surface area contributed by atoms with Crippen molar-refractivity contribution in [1.82, 2.24) is 4.90 Å². The van der Waals surface area contributed by atoms with Gasteiger partial charge in [0.1, 0.15) is 23.3 Å². The summed E-state index contributed by atoms with van der Waals surface area (Å²) in [6.07, 6.45) is 5.97. The number of anilines is 1. The van der Waals surface area contributed by atoms with Crippen molar-refractivity contribution in [3.8, 4) is 5.75 Å². The molecule has 1 spiro atoms. The monoisotopic (exact) mass is 568 g/mol. The van der Waals surface area contributed by atoms with E-state index in [9.17, 15) is 19.5 Å². The summed E-state index contributed by atoms with van der Waals surface area (Å²) in [5.74, 6) is -2.34. The summed E-state index contributed by atoms with van der Waals surface area (Å²) < 4.78 is 17.8. The maximum absolute atomic E-state index is 14.7. The van der Waals surface area contributed by atoms with Gasteiger partial charge >= 0.3 is 5.97 Å². The van der Waals surface area contributed by atoms with Crippen LogP contribution in [0.3, 0.4) is 0 Å². The van der Waals surface area contributed by atoms with Gasteiger partial charge in [0.05, 0.1) is 37.9 Å². The Morgan fingerprint density at radius 1 is 1.22 bits per heavy atom. The highest BCUT2D eigenvalue weighted by Gasteiger charge is 2.79. The molecular weight excluding hydrogens is 524 g/mol. The normalized spacial score (nSPS) is 29.5. The molecule has 2 amide bonds. The number of hydrogen-bond acceptors (Lipinski definition) is 7. The molecule has 7 atom stereocenters. The quantitative estimate of drug-likeness (QED) is 0.206. The van der Waals surface area contributed by atoms with Crippen LogP contribution in [0.2, 0.25) is 0 Å². The van der Waals surface area contributed by atoms with Crippen LogP contribution < -0.4 is 9.64 Å². The minimum atomic E-state index is -1.22. The average Bonchev–Trinajstić information content (AvgIpc) is 3.60. The van der Waals surface area contributed by atoms with E-state index in [2.05, 4.69) is 13.2 Å². The molecule has 4 rings (SSSR count). The van der Waals surface area contributed by atoms with E-state index < -0.39 is 41.1 Å². The van der Waals surface area contributed by atoms with Gasteiger partial charge in [0, 0.05) is 12.2 Å². The predicted octanol–water partition coefficient (Wildman–Crippen LogP) is 3.90. The van der Waals surface area contributed by atoms with Gasteiger partial charge in [-0.05, 0) is 55.9 Å². The zero-order valence-electron chi connectivity index (χ0n) is 24.7. The van der Waals surface area contributed by atoms with Crippen LogP contribution >= 0.6 is 0 Å². The zero-order chi connectivity index (χ0) is 29.9. The number of hydrogen-bond donors (Lipinski definition) is 1. The van der Waals surface area contributed by atoms with Crippen LogP contribution in [-0.2, 0) is 23.9 Å². The second-order valence-electron chi connectivity index (χ2n) is 11.4. The first kappa shape index (κ1) is 30.8. The Kier molecular flexibility index (Phi) is 9.29. The summed E-state index contributed by atoms with van der Waals surface area (Å²) in [7, 11) is 1.57. The van der Waals surface area contributed by atoms with Gasteiger partial charge in [-0.3, -0.25) is 14.4 Å². The van der Waals surface area contributed by atoms with E-state index in [1.165, 1.54) is 4.90 Å². The van der Waals surface area contributed by atoms with Crippen molar-refractivity contribution < 1.29 is 33.7 Å². The number of nitrogens with zero attached hydrogens (tertiary/aromatic N) is 2. The third-order valence-corrected chi connectivity index (χ3v) is 9.48. The van der Waals surface area contributed by atoms with Crippen molar-refractivity contribution in [2.45, 2.75) is 76.2 Å². The van der Waals surface area contributed by atoms with E-state index in [0.29, 0.717) is 43.5 Å². The van der Waals surface area contributed by atoms with Crippen molar-refractivity contribution >= 4 is 23.5 Å². The number of methoxy groups -OCH3 is 1. The number of esters is 1. The fraction of sp³-hybridized carbons (Fsp3) is 0.594. The van der Waals surface area contributed by atoms with Crippen molar-refractivity contribution in [1.29, 1.82) is 0 Å². The number of likely N-dealkylation sites (tertiary alicyclic amines) is 1. The summed E-state index contributed by atoms with van der Waals surface area (Å²) in [4.78, 5) is 46.0. The smallest absolute Gasteiger partial charge is 0.312 e. The SMILES string of the molecule is C=CCCOC(=O)[C@H]1[C@H]2C(=O)N([C@@H](CO)[C@@H](C)CC)C(C(=O)N(CC=C)c3ccc(OC)cc3)C23CC[C@]1(CC)O3. The number of aliphatic hydroxyl groups excluding tert-OH is 1. The molecule has 3 heterocycles. The molecule has 3 saturated heterocycles. The van der Waals surface area contributed by atoms with Gasteiger partial charge in [0.2, 0.25) is 5.91 Å². The van der Waals surface area contributed by atoms with Crippen LogP contribution in [0.25, 0.3) is 0 Å². The summed E-state index contributed by atoms with van der Waals surface area (Å²) in [5, 5.41) is 10.6. The van der Waals surface area contributed by atoms with Crippen molar-refractivity contribution in [3.05, 3.63) is 49.6 Å². The van der Waals surface area contributed by atoms with Crippen LogP contribution in [0.15, 0.2) is 49.6 Å². The standard InChI is InChI=1S/C32H44N2O7/c1-7-11-19-40-30(38)26-25-28(36)34(24(20-35)21(5)9-3)27(32(25)17-16-31(26,10-4)41-32)29(37)33(18-8-2)22-12-14-23(39-6)15-13-22/h7-8,12-15,21,24-27,35H,1-2,9-11,16-20H2,3-6H3/t21-,24-,25-,26+,27?,31-,32?/m0/s1. The van der Waals surface area contributed by atoms with E-state index >= 15 is 0 Å².